The summed E-state index contributed by atoms with van der Waals surface area (Å²) in [6, 6.07) is 6.25. The molecule has 2 unspecified atom stereocenters. The molecule has 1 aromatic carbocycles. The predicted octanol–water partition coefficient (Wildman–Crippen LogP) is 2.77. The molecular weight excluding hydrogens is 298 g/mol. The molecule has 2 atom stereocenters. The number of carbonyl (C=O) groups is 1. The number of benzene rings is 1. The number of carbonyl (C=O) groups excluding carboxylic acids is 1. The molecule has 1 aliphatic rings. The number of nitro benzene ring substituents is 1. The summed E-state index contributed by atoms with van der Waals surface area (Å²) in [5.74, 6) is -1.32. The van der Waals surface area contributed by atoms with Crippen LogP contribution in [0.2, 0.25) is 0 Å². The zero-order valence-corrected chi connectivity index (χ0v) is 13.5. The van der Waals surface area contributed by atoms with Crippen LogP contribution >= 0.6 is 0 Å². The molecule has 0 N–H and O–H groups in total. The Morgan fingerprint density at radius 2 is 1.96 bits per heavy atom. The molecule has 7 heteroatoms. The summed E-state index contributed by atoms with van der Waals surface area (Å²) in [5.41, 5.74) is 1.12. The molecule has 23 heavy (non-hydrogen) atoms. The average molecular weight is 317 g/mol. The van der Waals surface area contributed by atoms with Crippen LogP contribution in [-0.2, 0) is 9.53 Å². The minimum absolute atomic E-state index is 0.0875. The first-order valence-corrected chi connectivity index (χ1v) is 7.37. The van der Waals surface area contributed by atoms with Crippen LogP contribution in [0.25, 0.3) is 0 Å². The van der Waals surface area contributed by atoms with Gasteiger partial charge in [0.2, 0.25) is 0 Å². The van der Waals surface area contributed by atoms with Crippen LogP contribution in [-0.4, -0.2) is 34.6 Å². The number of para-hydroxylation sites is 1. The Labute approximate surface area is 134 Å². The van der Waals surface area contributed by atoms with Gasteiger partial charge < -0.3 is 4.74 Å². The molecule has 1 aliphatic heterocycles. The topological polar surface area (TPSA) is 94.2 Å². The van der Waals surface area contributed by atoms with Crippen molar-refractivity contribution in [1.29, 1.82) is 0 Å². The first-order valence-electron chi connectivity index (χ1n) is 7.37. The van der Waals surface area contributed by atoms with Crippen LogP contribution in [0.5, 0.6) is 0 Å². The quantitative estimate of drug-likeness (QED) is 0.485. The van der Waals surface area contributed by atoms with Gasteiger partial charge in [-0.05, 0) is 33.8 Å². The molecule has 0 saturated heterocycles. The van der Waals surface area contributed by atoms with Crippen LogP contribution in [0.15, 0.2) is 34.3 Å². The summed E-state index contributed by atoms with van der Waals surface area (Å²) in [6.45, 7) is 6.98. The average Bonchev–Trinajstić information content (AvgIpc) is 2.45. The summed E-state index contributed by atoms with van der Waals surface area (Å²) in [6.07, 6.45) is -0.686. The van der Waals surface area contributed by atoms with E-state index < -0.39 is 23.0 Å². The van der Waals surface area contributed by atoms with Crippen molar-refractivity contribution in [2.75, 3.05) is 0 Å². The summed E-state index contributed by atoms with van der Waals surface area (Å²) >= 11 is 0. The lowest BCUT2D eigenvalue weighted by molar-refractivity contribution is -0.385. The Kier molecular flexibility index (Phi) is 4.88. The zero-order chi connectivity index (χ0) is 17.1. The summed E-state index contributed by atoms with van der Waals surface area (Å²) in [5, 5.41) is 11.3. The van der Waals surface area contributed by atoms with Gasteiger partial charge in [-0.2, -0.15) is 0 Å². The summed E-state index contributed by atoms with van der Waals surface area (Å²) in [7, 11) is 0. The Bertz CT molecular complexity index is 694. The fourth-order valence-corrected chi connectivity index (χ4v) is 2.53. The lowest BCUT2D eigenvalue weighted by Crippen LogP contribution is -2.37. The lowest BCUT2D eigenvalue weighted by atomic mass is 9.90. The van der Waals surface area contributed by atoms with E-state index in [2.05, 4.69) is 9.98 Å². The molecule has 0 saturated carbocycles. The van der Waals surface area contributed by atoms with Gasteiger partial charge >= 0.3 is 5.97 Å². The molecule has 0 aliphatic carbocycles. The Morgan fingerprint density at radius 1 is 1.30 bits per heavy atom. The lowest BCUT2D eigenvalue weighted by Gasteiger charge is -2.24. The predicted molar refractivity (Wildman–Crippen MR) is 86.9 cm³/mol. The van der Waals surface area contributed by atoms with E-state index in [1.165, 1.54) is 6.07 Å². The van der Waals surface area contributed by atoms with Crippen molar-refractivity contribution in [3.63, 3.8) is 0 Å². The summed E-state index contributed by atoms with van der Waals surface area (Å²) < 4.78 is 5.28. The summed E-state index contributed by atoms with van der Waals surface area (Å²) in [4.78, 5) is 31.9. The van der Waals surface area contributed by atoms with Crippen molar-refractivity contribution in [3.05, 3.63) is 39.9 Å². The van der Waals surface area contributed by atoms with Gasteiger partial charge in [0, 0.05) is 11.8 Å². The third-order valence-electron chi connectivity index (χ3n) is 3.37. The maximum absolute atomic E-state index is 12.4. The van der Waals surface area contributed by atoms with E-state index in [-0.39, 0.29) is 11.8 Å². The van der Waals surface area contributed by atoms with Crippen LogP contribution in [0.1, 0.15) is 33.3 Å². The Morgan fingerprint density at radius 3 is 2.57 bits per heavy atom. The number of hydrogen-bond acceptors (Lipinski definition) is 6. The first kappa shape index (κ1) is 16.8. The van der Waals surface area contributed by atoms with Crippen LogP contribution in [0.3, 0.4) is 0 Å². The molecule has 0 spiro atoms. The van der Waals surface area contributed by atoms with E-state index in [1.54, 1.807) is 45.9 Å². The fourth-order valence-electron chi connectivity index (χ4n) is 2.53. The minimum atomic E-state index is -0.824. The first-order chi connectivity index (χ1) is 10.8. The van der Waals surface area contributed by atoms with Gasteiger partial charge in [0.25, 0.3) is 5.69 Å². The van der Waals surface area contributed by atoms with Crippen molar-refractivity contribution >= 4 is 23.1 Å². The Hall–Kier alpha value is -2.57. The maximum atomic E-state index is 12.4. The van der Waals surface area contributed by atoms with Crippen molar-refractivity contribution < 1.29 is 14.5 Å². The van der Waals surface area contributed by atoms with Crippen LogP contribution in [0, 0.1) is 16.0 Å². The molecule has 0 amide bonds. The number of nitrogens with zero attached hydrogens (tertiary/aromatic N) is 3. The normalized spacial score (nSPS) is 20.7. The second-order valence-corrected chi connectivity index (χ2v) is 5.61. The number of rotatable bonds is 4. The van der Waals surface area contributed by atoms with E-state index in [4.69, 9.17) is 4.74 Å². The largest absolute Gasteiger partial charge is 0.462 e. The third kappa shape index (κ3) is 3.61. The number of hydrogen-bond donors (Lipinski definition) is 0. The second kappa shape index (κ2) is 6.68. The van der Waals surface area contributed by atoms with Gasteiger partial charge in [0.15, 0.2) is 0 Å². The van der Waals surface area contributed by atoms with Gasteiger partial charge in [-0.25, -0.2) is 0 Å². The standard InChI is InChI=1S/C16H19N3O4/c1-9(2)23-16(20)14-10(3)17-11(4)18-15(14)12-7-5-6-8-13(12)19(21)22/h5-9,11,14H,1-4H3. The molecule has 7 nitrogen and oxygen atoms in total. The molecule has 0 fully saturated rings. The number of aliphatic imine (C=N–C) groups is 2. The van der Waals surface area contributed by atoms with Gasteiger partial charge in [-0.1, -0.05) is 12.1 Å². The molecule has 0 bridgehead atoms. The van der Waals surface area contributed by atoms with E-state index in [1.807, 2.05) is 0 Å². The van der Waals surface area contributed by atoms with E-state index in [9.17, 15) is 14.9 Å². The molecule has 1 aromatic rings. The number of nitro groups is 1. The zero-order valence-electron chi connectivity index (χ0n) is 13.5. The van der Waals surface area contributed by atoms with Gasteiger partial charge in [0.05, 0.1) is 22.3 Å². The smallest absolute Gasteiger partial charge is 0.321 e. The Balaban J connectivity index is 2.53. The maximum Gasteiger partial charge on any atom is 0.321 e. The molecule has 1 heterocycles. The van der Waals surface area contributed by atoms with Crippen LogP contribution < -0.4 is 0 Å². The fraction of sp³-hybridized carbons (Fsp3) is 0.438. The molecular formula is C16H19N3O4. The molecule has 122 valence electrons. The molecule has 2 rings (SSSR count). The highest BCUT2D eigenvalue weighted by atomic mass is 16.6. The highest BCUT2D eigenvalue weighted by molar-refractivity contribution is 6.27. The number of esters is 1. The molecule has 0 aromatic heterocycles. The highest BCUT2D eigenvalue weighted by Gasteiger charge is 2.36. The van der Waals surface area contributed by atoms with Crippen molar-refractivity contribution in [2.45, 2.75) is 40.0 Å². The monoisotopic (exact) mass is 317 g/mol. The van der Waals surface area contributed by atoms with Crippen molar-refractivity contribution in [1.82, 2.24) is 0 Å². The van der Waals surface area contributed by atoms with Crippen molar-refractivity contribution in [2.24, 2.45) is 15.9 Å². The second-order valence-electron chi connectivity index (χ2n) is 5.61. The van der Waals surface area contributed by atoms with Gasteiger partial charge in [-0.3, -0.25) is 24.9 Å². The third-order valence-corrected chi connectivity index (χ3v) is 3.37. The van der Waals surface area contributed by atoms with E-state index >= 15 is 0 Å². The SMILES string of the molecule is CC1=NC(C)N=C(c2ccccc2[N+](=O)[O-])C1C(=O)OC(C)C. The van der Waals surface area contributed by atoms with E-state index in [0.29, 0.717) is 17.0 Å². The van der Waals surface area contributed by atoms with Gasteiger partial charge in [-0.15, -0.1) is 0 Å². The van der Waals surface area contributed by atoms with Gasteiger partial charge in [0.1, 0.15) is 12.1 Å². The number of ether oxygens (including phenoxy) is 1. The van der Waals surface area contributed by atoms with E-state index in [0.717, 1.165) is 0 Å². The molecule has 0 radical (unpaired) electrons. The van der Waals surface area contributed by atoms with Crippen LogP contribution in [0.4, 0.5) is 5.69 Å². The minimum Gasteiger partial charge on any atom is -0.462 e. The highest BCUT2D eigenvalue weighted by Crippen LogP contribution is 2.27. The van der Waals surface area contributed by atoms with Crippen molar-refractivity contribution in [3.8, 4) is 0 Å².